The van der Waals surface area contributed by atoms with Crippen molar-refractivity contribution in [2.24, 2.45) is 0 Å². The molecule has 0 aliphatic carbocycles. The molecule has 0 saturated heterocycles. The van der Waals surface area contributed by atoms with E-state index in [1.54, 1.807) is 12.1 Å². The van der Waals surface area contributed by atoms with Gasteiger partial charge in [-0.15, -0.1) is 0 Å². The molecule has 1 rings (SSSR count). The Morgan fingerprint density at radius 3 is 2.67 bits per heavy atom. The van der Waals surface area contributed by atoms with Crippen LogP contribution in [0.2, 0.25) is 0 Å². The van der Waals surface area contributed by atoms with Crippen LogP contribution >= 0.6 is 0 Å². The molecule has 0 amide bonds. The Kier molecular flexibility index (Phi) is 2.54. The van der Waals surface area contributed by atoms with Crippen molar-refractivity contribution in [3.63, 3.8) is 0 Å². The average molecular weight is 163 g/mol. The van der Waals surface area contributed by atoms with Crippen LogP contribution in [-0.4, -0.2) is 6.29 Å². The second-order valence-corrected chi connectivity index (χ2v) is 2.26. The fourth-order valence-electron chi connectivity index (χ4n) is 0.901. The molecule has 0 aromatic heterocycles. The molecule has 0 aliphatic heterocycles. The lowest BCUT2D eigenvalue weighted by atomic mass is 10.0. The third-order valence-electron chi connectivity index (χ3n) is 1.52. The van der Waals surface area contributed by atoms with Crippen LogP contribution in [0.4, 0.5) is 4.39 Å². The summed E-state index contributed by atoms with van der Waals surface area (Å²) in [5, 5.41) is 8.46. The molecule has 3 heteroatoms. The highest BCUT2D eigenvalue weighted by Gasteiger charge is 2.12. The predicted octanol–water partition coefficient (Wildman–Crippen LogP) is 1.63. The Morgan fingerprint density at radius 2 is 2.17 bits per heavy atom. The van der Waals surface area contributed by atoms with Crippen LogP contribution < -0.4 is 0 Å². The van der Waals surface area contributed by atoms with Gasteiger partial charge in [-0.1, -0.05) is 18.2 Å². The van der Waals surface area contributed by atoms with Crippen molar-refractivity contribution in [3.05, 3.63) is 35.6 Å². The number of hydrogen-bond acceptors (Lipinski definition) is 2. The molecule has 0 fully saturated rings. The van der Waals surface area contributed by atoms with E-state index in [1.165, 1.54) is 18.2 Å². The molecule has 1 aromatic carbocycles. The SMILES string of the molecule is N#CC(C=O)c1ccccc1F. The normalized spacial score (nSPS) is 11.7. The minimum absolute atomic E-state index is 0.134. The van der Waals surface area contributed by atoms with Gasteiger partial charge in [-0.05, 0) is 6.07 Å². The molecule has 2 nitrogen and oxygen atoms in total. The maximum atomic E-state index is 12.9. The summed E-state index contributed by atoms with van der Waals surface area (Å²) in [6.07, 6.45) is 0.429. The van der Waals surface area contributed by atoms with Gasteiger partial charge in [-0.25, -0.2) is 4.39 Å². The number of carbonyl (C=O) groups excluding carboxylic acids is 1. The monoisotopic (exact) mass is 163 g/mol. The highest BCUT2D eigenvalue weighted by molar-refractivity contribution is 5.66. The van der Waals surface area contributed by atoms with E-state index >= 15 is 0 Å². The molecular formula is C9H6FNO. The second-order valence-electron chi connectivity index (χ2n) is 2.26. The fourth-order valence-corrected chi connectivity index (χ4v) is 0.901. The van der Waals surface area contributed by atoms with Crippen molar-refractivity contribution < 1.29 is 9.18 Å². The Bertz CT molecular complexity index is 330. The lowest BCUT2D eigenvalue weighted by molar-refractivity contribution is -0.108. The molecule has 0 radical (unpaired) electrons. The number of carbonyl (C=O) groups is 1. The Hall–Kier alpha value is -1.69. The number of benzene rings is 1. The molecule has 0 bridgehead atoms. The van der Waals surface area contributed by atoms with E-state index in [-0.39, 0.29) is 5.56 Å². The smallest absolute Gasteiger partial charge is 0.141 e. The predicted molar refractivity (Wildman–Crippen MR) is 40.8 cm³/mol. The van der Waals surface area contributed by atoms with E-state index in [0.29, 0.717) is 6.29 Å². The molecule has 60 valence electrons. The zero-order valence-electron chi connectivity index (χ0n) is 6.20. The van der Waals surface area contributed by atoms with Gasteiger partial charge in [-0.3, -0.25) is 0 Å². The van der Waals surface area contributed by atoms with Crippen molar-refractivity contribution in [3.8, 4) is 6.07 Å². The fraction of sp³-hybridized carbons (Fsp3) is 0.111. The molecule has 0 spiro atoms. The van der Waals surface area contributed by atoms with Crippen LogP contribution in [0.3, 0.4) is 0 Å². The third-order valence-corrected chi connectivity index (χ3v) is 1.52. The van der Waals surface area contributed by atoms with Crippen molar-refractivity contribution in [2.75, 3.05) is 0 Å². The lowest BCUT2D eigenvalue weighted by Gasteiger charge is -2.01. The number of rotatable bonds is 2. The van der Waals surface area contributed by atoms with Gasteiger partial charge in [0.15, 0.2) is 0 Å². The first-order chi connectivity index (χ1) is 5.79. The van der Waals surface area contributed by atoms with Crippen LogP contribution in [0.1, 0.15) is 11.5 Å². The highest BCUT2D eigenvalue weighted by atomic mass is 19.1. The summed E-state index contributed by atoms with van der Waals surface area (Å²) in [6, 6.07) is 7.46. The average Bonchev–Trinajstić information content (AvgIpc) is 2.10. The summed E-state index contributed by atoms with van der Waals surface area (Å²) >= 11 is 0. The summed E-state index contributed by atoms with van der Waals surface area (Å²) in [6.45, 7) is 0. The first-order valence-corrected chi connectivity index (χ1v) is 3.39. The van der Waals surface area contributed by atoms with Gasteiger partial charge >= 0.3 is 0 Å². The number of hydrogen-bond donors (Lipinski definition) is 0. The van der Waals surface area contributed by atoms with E-state index in [4.69, 9.17) is 5.26 Å². The van der Waals surface area contributed by atoms with E-state index in [2.05, 4.69) is 0 Å². The van der Waals surface area contributed by atoms with Gasteiger partial charge in [-0.2, -0.15) is 5.26 Å². The van der Waals surface area contributed by atoms with Crippen molar-refractivity contribution >= 4 is 6.29 Å². The summed E-state index contributed by atoms with van der Waals surface area (Å²) in [5.74, 6) is -1.51. The standard InChI is InChI=1S/C9H6FNO/c10-9-4-2-1-3-8(9)7(5-11)6-12/h1-4,6-7H. The number of nitriles is 1. The minimum atomic E-state index is -0.994. The molecule has 0 heterocycles. The Labute approximate surface area is 69.2 Å². The maximum Gasteiger partial charge on any atom is 0.141 e. The number of nitrogens with zero attached hydrogens (tertiary/aromatic N) is 1. The summed E-state index contributed by atoms with van der Waals surface area (Å²) in [7, 11) is 0. The maximum absolute atomic E-state index is 12.9. The summed E-state index contributed by atoms with van der Waals surface area (Å²) < 4.78 is 12.9. The zero-order valence-corrected chi connectivity index (χ0v) is 6.20. The highest BCUT2D eigenvalue weighted by Crippen LogP contribution is 2.15. The Balaban J connectivity index is 3.10. The quantitative estimate of drug-likeness (QED) is 0.622. The van der Waals surface area contributed by atoms with Gasteiger partial charge in [0.2, 0.25) is 0 Å². The van der Waals surface area contributed by atoms with E-state index in [1.807, 2.05) is 0 Å². The topological polar surface area (TPSA) is 40.9 Å². The second kappa shape index (κ2) is 3.63. The van der Waals surface area contributed by atoms with Crippen LogP contribution in [0, 0.1) is 17.1 Å². The third kappa shape index (κ3) is 1.48. The molecule has 1 unspecified atom stereocenters. The summed E-state index contributed by atoms with van der Waals surface area (Å²) in [4.78, 5) is 10.3. The van der Waals surface area contributed by atoms with Crippen LogP contribution in [0.25, 0.3) is 0 Å². The van der Waals surface area contributed by atoms with Gasteiger partial charge in [0.25, 0.3) is 0 Å². The van der Waals surface area contributed by atoms with Crippen molar-refractivity contribution in [1.29, 1.82) is 5.26 Å². The van der Waals surface area contributed by atoms with Crippen LogP contribution in [0.5, 0.6) is 0 Å². The number of halogens is 1. The zero-order chi connectivity index (χ0) is 8.97. The molecule has 12 heavy (non-hydrogen) atoms. The first kappa shape index (κ1) is 8.41. The van der Waals surface area contributed by atoms with Gasteiger partial charge in [0.1, 0.15) is 18.0 Å². The van der Waals surface area contributed by atoms with E-state index in [0.717, 1.165) is 0 Å². The van der Waals surface area contributed by atoms with Crippen LogP contribution in [-0.2, 0) is 4.79 Å². The molecule has 0 saturated carbocycles. The summed E-state index contributed by atoms with van der Waals surface area (Å²) in [5.41, 5.74) is 0.134. The van der Waals surface area contributed by atoms with E-state index < -0.39 is 11.7 Å². The Morgan fingerprint density at radius 1 is 1.50 bits per heavy atom. The van der Waals surface area contributed by atoms with Gasteiger partial charge < -0.3 is 4.79 Å². The number of aldehydes is 1. The molecule has 1 aromatic rings. The lowest BCUT2D eigenvalue weighted by Crippen LogP contribution is -1.99. The van der Waals surface area contributed by atoms with E-state index in [9.17, 15) is 9.18 Å². The molecule has 0 aliphatic rings. The van der Waals surface area contributed by atoms with Gasteiger partial charge in [0, 0.05) is 5.56 Å². The molecule has 0 N–H and O–H groups in total. The first-order valence-electron chi connectivity index (χ1n) is 3.39. The van der Waals surface area contributed by atoms with Crippen LogP contribution in [0.15, 0.2) is 24.3 Å². The molecule has 1 atom stereocenters. The van der Waals surface area contributed by atoms with Gasteiger partial charge in [0.05, 0.1) is 6.07 Å². The van der Waals surface area contributed by atoms with Crippen molar-refractivity contribution in [2.45, 2.75) is 5.92 Å². The largest absolute Gasteiger partial charge is 0.302 e. The minimum Gasteiger partial charge on any atom is -0.302 e. The molecular weight excluding hydrogens is 157 g/mol. The van der Waals surface area contributed by atoms with Crippen molar-refractivity contribution in [1.82, 2.24) is 0 Å².